The summed E-state index contributed by atoms with van der Waals surface area (Å²) in [5.41, 5.74) is 0.0680. The number of para-hydroxylation sites is 2. The van der Waals surface area contributed by atoms with E-state index in [1.807, 2.05) is 0 Å². The number of nitro groups is 1. The standard InChI is InChI=1S/C12H11N3O3/c16-12(10-6-3-4-8-13-10)14-9-5-1-2-7-11(9)15(17)18/h1-8,10,13H,(H,14,16). The number of rotatable bonds is 3. The van der Waals surface area contributed by atoms with Crippen molar-refractivity contribution in [1.29, 1.82) is 0 Å². The number of nitrogens with zero attached hydrogens (tertiary/aromatic N) is 1. The molecule has 1 unspecified atom stereocenters. The maximum atomic E-state index is 11.9. The van der Waals surface area contributed by atoms with Crippen molar-refractivity contribution < 1.29 is 9.72 Å². The Labute approximate surface area is 103 Å². The number of amides is 1. The minimum absolute atomic E-state index is 0.124. The first-order valence-corrected chi connectivity index (χ1v) is 5.32. The zero-order valence-electron chi connectivity index (χ0n) is 9.37. The second-order valence-electron chi connectivity index (χ2n) is 3.65. The smallest absolute Gasteiger partial charge is 0.292 e. The van der Waals surface area contributed by atoms with Crippen LogP contribution in [0, 0.1) is 10.1 Å². The fourth-order valence-corrected chi connectivity index (χ4v) is 1.56. The van der Waals surface area contributed by atoms with Gasteiger partial charge in [0.05, 0.1) is 4.92 Å². The van der Waals surface area contributed by atoms with Crippen molar-refractivity contribution in [3.8, 4) is 0 Å². The molecule has 0 bridgehead atoms. The van der Waals surface area contributed by atoms with Crippen molar-refractivity contribution in [2.75, 3.05) is 5.32 Å². The highest BCUT2D eigenvalue weighted by molar-refractivity contribution is 5.98. The Morgan fingerprint density at radius 1 is 1.33 bits per heavy atom. The van der Waals surface area contributed by atoms with Gasteiger partial charge in [0.2, 0.25) is 0 Å². The molecule has 92 valence electrons. The van der Waals surface area contributed by atoms with Crippen LogP contribution in [0.4, 0.5) is 11.4 Å². The molecule has 2 rings (SSSR count). The van der Waals surface area contributed by atoms with Crippen molar-refractivity contribution in [3.63, 3.8) is 0 Å². The van der Waals surface area contributed by atoms with Gasteiger partial charge in [-0.25, -0.2) is 0 Å². The number of allylic oxidation sites excluding steroid dienone is 2. The van der Waals surface area contributed by atoms with Crippen LogP contribution in [0.2, 0.25) is 0 Å². The van der Waals surface area contributed by atoms with Gasteiger partial charge in [-0.15, -0.1) is 0 Å². The van der Waals surface area contributed by atoms with Crippen LogP contribution in [0.15, 0.2) is 48.7 Å². The maximum absolute atomic E-state index is 11.9. The van der Waals surface area contributed by atoms with Gasteiger partial charge < -0.3 is 10.6 Å². The van der Waals surface area contributed by atoms with E-state index >= 15 is 0 Å². The van der Waals surface area contributed by atoms with Gasteiger partial charge in [0, 0.05) is 6.07 Å². The molecule has 18 heavy (non-hydrogen) atoms. The van der Waals surface area contributed by atoms with E-state index < -0.39 is 11.0 Å². The molecule has 1 aromatic rings. The molecule has 1 heterocycles. The lowest BCUT2D eigenvalue weighted by Gasteiger charge is -2.15. The largest absolute Gasteiger partial charge is 0.377 e. The molecule has 6 heteroatoms. The molecule has 2 N–H and O–H groups in total. The van der Waals surface area contributed by atoms with Crippen LogP contribution in [-0.2, 0) is 4.79 Å². The SMILES string of the molecule is O=C(Nc1ccccc1[N+](=O)[O-])C1C=CC=CN1. The first-order valence-electron chi connectivity index (χ1n) is 5.32. The number of nitro benzene ring substituents is 1. The molecular formula is C12H11N3O3. The predicted molar refractivity (Wildman–Crippen MR) is 66.9 cm³/mol. The number of carbonyl (C=O) groups excluding carboxylic acids is 1. The summed E-state index contributed by atoms with van der Waals surface area (Å²) in [4.78, 5) is 22.1. The average molecular weight is 245 g/mol. The number of hydrogen-bond donors (Lipinski definition) is 2. The zero-order chi connectivity index (χ0) is 13.0. The normalized spacial score (nSPS) is 17.0. The number of benzene rings is 1. The van der Waals surface area contributed by atoms with Gasteiger partial charge >= 0.3 is 0 Å². The van der Waals surface area contributed by atoms with Crippen molar-refractivity contribution in [2.24, 2.45) is 0 Å². The van der Waals surface area contributed by atoms with E-state index in [4.69, 9.17) is 0 Å². The summed E-state index contributed by atoms with van der Waals surface area (Å²) in [6.45, 7) is 0. The fourth-order valence-electron chi connectivity index (χ4n) is 1.56. The van der Waals surface area contributed by atoms with Crippen LogP contribution in [-0.4, -0.2) is 16.9 Å². The molecular weight excluding hydrogens is 234 g/mol. The lowest BCUT2D eigenvalue weighted by atomic mass is 10.2. The highest BCUT2D eigenvalue weighted by atomic mass is 16.6. The molecule has 1 amide bonds. The molecule has 0 aliphatic carbocycles. The number of carbonyl (C=O) groups is 1. The minimum Gasteiger partial charge on any atom is -0.377 e. The number of dihydropyridines is 1. The average Bonchev–Trinajstić information content (AvgIpc) is 2.40. The second kappa shape index (κ2) is 5.13. The number of hydrogen-bond acceptors (Lipinski definition) is 4. The van der Waals surface area contributed by atoms with Crippen LogP contribution >= 0.6 is 0 Å². The van der Waals surface area contributed by atoms with Crippen molar-refractivity contribution in [1.82, 2.24) is 5.32 Å². The van der Waals surface area contributed by atoms with E-state index in [1.165, 1.54) is 12.1 Å². The van der Waals surface area contributed by atoms with Gasteiger partial charge in [-0.1, -0.05) is 24.3 Å². The number of anilines is 1. The van der Waals surface area contributed by atoms with E-state index in [-0.39, 0.29) is 17.3 Å². The van der Waals surface area contributed by atoms with Gasteiger partial charge in [-0.05, 0) is 18.3 Å². The first kappa shape index (κ1) is 11.8. The third-order valence-electron chi connectivity index (χ3n) is 2.43. The molecule has 6 nitrogen and oxygen atoms in total. The Morgan fingerprint density at radius 3 is 2.78 bits per heavy atom. The quantitative estimate of drug-likeness (QED) is 0.625. The first-order chi connectivity index (χ1) is 8.68. The third-order valence-corrected chi connectivity index (χ3v) is 2.43. The molecule has 1 aliphatic heterocycles. The highest BCUT2D eigenvalue weighted by Crippen LogP contribution is 2.23. The Morgan fingerprint density at radius 2 is 2.11 bits per heavy atom. The summed E-state index contributed by atoms with van der Waals surface area (Å²) in [7, 11) is 0. The van der Waals surface area contributed by atoms with Crippen LogP contribution in [0.5, 0.6) is 0 Å². The Kier molecular flexibility index (Phi) is 3.38. The second-order valence-corrected chi connectivity index (χ2v) is 3.65. The third kappa shape index (κ3) is 2.54. The maximum Gasteiger partial charge on any atom is 0.292 e. The molecule has 0 saturated heterocycles. The molecule has 0 fully saturated rings. The van der Waals surface area contributed by atoms with Crippen molar-refractivity contribution in [2.45, 2.75) is 6.04 Å². The summed E-state index contributed by atoms with van der Waals surface area (Å²) in [6, 6.07) is 5.51. The van der Waals surface area contributed by atoms with Crippen molar-refractivity contribution >= 4 is 17.3 Å². The monoisotopic (exact) mass is 245 g/mol. The van der Waals surface area contributed by atoms with Crippen LogP contribution < -0.4 is 10.6 Å². The molecule has 1 atom stereocenters. The Balaban J connectivity index is 2.14. The fraction of sp³-hybridized carbons (Fsp3) is 0.0833. The predicted octanol–water partition coefficient (Wildman–Crippen LogP) is 1.57. The van der Waals surface area contributed by atoms with E-state index in [2.05, 4.69) is 10.6 Å². The summed E-state index contributed by atoms with van der Waals surface area (Å²) in [5.74, 6) is -0.343. The molecule has 1 aliphatic rings. The van der Waals surface area contributed by atoms with Gasteiger partial charge in [0.15, 0.2) is 0 Å². The summed E-state index contributed by atoms with van der Waals surface area (Å²) in [5, 5.41) is 16.2. The van der Waals surface area contributed by atoms with E-state index in [9.17, 15) is 14.9 Å². The number of nitrogens with one attached hydrogen (secondary N) is 2. The molecule has 1 aromatic carbocycles. The highest BCUT2D eigenvalue weighted by Gasteiger charge is 2.19. The molecule has 0 spiro atoms. The lowest BCUT2D eigenvalue weighted by molar-refractivity contribution is -0.383. The Bertz CT molecular complexity index is 537. The molecule has 0 radical (unpaired) electrons. The van der Waals surface area contributed by atoms with Gasteiger partial charge in [0.25, 0.3) is 11.6 Å². The summed E-state index contributed by atoms with van der Waals surface area (Å²) in [6.07, 6.45) is 6.81. The zero-order valence-corrected chi connectivity index (χ0v) is 9.37. The summed E-state index contributed by atoms with van der Waals surface area (Å²) >= 11 is 0. The van der Waals surface area contributed by atoms with Crippen LogP contribution in [0.25, 0.3) is 0 Å². The van der Waals surface area contributed by atoms with E-state index in [0.29, 0.717) is 0 Å². The Hall–Kier alpha value is -2.63. The van der Waals surface area contributed by atoms with E-state index in [0.717, 1.165) is 0 Å². The molecule has 0 aromatic heterocycles. The van der Waals surface area contributed by atoms with Gasteiger partial charge in [0.1, 0.15) is 11.7 Å². The van der Waals surface area contributed by atoms with Gasteiger partial charge in [-0.2, -0.15) is 0 Å². The molecule has 0 saturated carbocycles. The van der Waals surface area contributed by atoms with Gasteiger partial charge in [-0.3, -0.25) is 14.9 Å². The van der Waals surface area contributed by atoms with Crippen LogP contribution in [0.1, 0.15) is 0 Å². The van der Waals surface area contributed by atoms with Crippen LogP contribution in [0.3, 0.4) is 0 Å². The summed E-state index contributed by atoms with van der Waals surface area (Å²) < 4.78 is 0. The lowest BCUT2D eigenvalue weighted by Crippen LogP contribution is -2.37. The topological polar surface area (TPSA) is 84.3 Å². The van der Waals surface area contributed by atoms with E-state index in [1.54, 1.807) is 36.6 Å². The van der Waals surface area contributed by atoms with Crippen molar-refractivity contribution in [3.05, 3.63) is 58.8 Å². The minimum atomic E-state index is -0.528.